The summed E-state index contributed by atoms with van der Waals surface area (Å²) in [6, 6.07) is 8.33. The largest absolute Gasteiger partial charge is 0.453 e. The van der Waals surface area contributed by atoms with Crippen molar-refractivity contribution in [1.82, 2.24) is 19.8 Å². The molecule has 3 heterocycles. The highest BCUT2D eigenvalue weighted by Gasteiger charge is 2.39. The number of hydrogen-bond donors (Lipinski definition) is 2. The summed E-state index contributed by atoms with van der Waals surface area (Å²) in [7, 11) is 0. The van der Waals surface area contributed by atoms with Gasteiger partial charge in [0.05, 0.1) is 23.3 Å². The van der Waals surface area contributed by atoms with E-state index >= 15 is 0 Å². The summed E-state index contributed by atoms with van der Waals surface area (Å²) in [6.07, 6.45) is 2.73. The number of halogens is 2. The van der Waals surface area contributed by atoms with Crippen LogP contribution in [0.2, 0.25) is 0 Å². The quantitative estimate of drug-likeness (QED) is 0.525. The van der Waals surface area contributed by atoms with Crippen molar-refractivity contribution < 1.29 is 23.1 Å². The van der Waals surface area contributed by atoms with Gasteiger partial charge in [0.1, 0.15) is 17.4 Å². The van der Waals surface area contributed by atoms with E-state index in [1.807, 2.05) is 18.7 Å². The Hall–Kier alpha value is -4.12. The molecule has 1 saturated heterocycles. The molecule has 0 aliphatic carbocycles. The van der Waals surface area contributed by atoms with Gasteiger partial charge in [0, 0.05) is 38.0 Å². The molecule has 0 saturated carbocycles. The van der Waals surface area contributed by atoms with Crippen LogP contribution in [0.25, 0.3) is 0 Å². The van der Waals surface area contributed by atoms with Crippen LogP contribution >= 0.6 is 0 Å². The molecule has 0 radical (unpaired) electrons. The maximum atomic E-state index is 13.8. The first kappa shape index (κ1) is 26.0. The highest BCUT2D eigenvalue weighted by Crippen LogP contribution is 2.26. The number of anilines is 1. The first-order valence-electron chi connectivity index (χ1n) is 11.7. The number of nitrogens with one attached hydrogen (secondary N) is 2. The van der Waals surface area contributed by atoms with Crippen molar-refractivity contribution in [3.8, 4) is 11.5 Å². The number of amides is 2. The van der Waals surface area contributed by atoms with Crippen LogP contribution in [0.4, 0.5) is 14.6 Å². The second-order valence-electron chi connectivity index (χ2n) is 9.40. The average Bonchev–Trinajstić information content (AvgIpc) is 2.86. The van der Waals surface area contributed by atoms with Crippen molar-refractivity contribution >= 4 is 17.6 Å². The van der Waals surface area contributed by atoms with Crippen LogP contribution < -0.4 is 15.6 Å². The van der Waals surface area contributed by atoms with Gasteiger partial charge in [-0.25, -0.2) is 13.8 Å². The van der Waals surface area contributed by atoms with Gasteiger partial charge in [0.15, 0.2) is 11.6 Å². The van der Waals surface area contributed by atoms with E-state index < -0.39 is 23.2 Å². The van der Waals surface area contributed by atoms with Crippen molar-refractivity contribution in [2.45, 2.75) is 32.4 Å². The predicted octanol–water partition coefficient (Wildman–Crippen LogP) is 3.40. The summed E-state index contributed by atoms with van der Waals surface area (Å²) in [4.78, 5) is 47.6. The maximum Gasteiger partial charge on any atom is 0.255 e. The lowest BCUT2D eigenvalue weighted by atomic mass is 9.96. The van der Waals surface area contributed by atoms with Gasteiger partial charge in [0.25, 0.3) is 5.91 Å². The molecule has 0 bridgehead atoms. The Balaban J connectivity index is 1.35. The topological polar surface area (TPSA) is 108 Å². The number of carbonyl (C=O) groups is 2. The van der Waals surface area contributed by atoms with Crippen LogP contribution in [0.15, 0.2) is 59.7 Å². The number of ether oxygens (including phenoxy) is 1. The van der Waals surface area contributed by atoms with Crippen LogP contribution in [0.5, 0.6) is 11.5 Å². The minimum absolute atomic E-state index is 0.144. The highest BCUT2D eigenvalue weighted by atomic mass is 19.1. The molecule has 1 aromatic carbocycles. The number of hydrogen-bond acceptors (Lipinski definition) is 6. The van der Waals surface area contributed by atoms with Crippen molar-refractivity contribution in [1.29, 1.82) is 0 Å². The number of H-pyrrole nitrogens is 1. The third kappa shape index (κ3) is 6.00. The number of benzene rings is 1. The van der Waals surface area contributed by atoms with E-state index in [0.29, 0.717) is 25.2 Å². The van der Waals surface area contributed by atoms with E-state index in [-0.39, 0.29) is 34.7 Å². The molecule has 1 fully saturated rings. The van der Waals surface area contributed by atoms with Crippen LogP contribution in [0, 0.1) is 11.6 Å². The average molecular weight is 512 g/mol. The molecule has 2 N–H and O–H groups in total. The Labute approximate surface area is 212 Å². The van der Waals surface area contributed by atoms with Crippen LogP contribution in [0.3, 0.4) is 0 Å². The van der Waals surface area contributed by atoms with Crippen LogP contribution in [-0.2, 0) is 4.79 Å². The normalized spacial score (nSPS) is 16.2. The van der Waals surface area contributed by atoms with E-state index in [9.17, 15) is 23.2 Å². The third-order valence-corrected chi connectivity index (χ3v) is 6.24. The minimum Gasteiger partial charge on any atom is -0.453 e. The molecule has 0 unspecified atom stereocenters. The van der Waals surface area contributed by atoms with Gasteiger partial charge in [-0.2, -0.15) is 0 Å². The second kappa shape index (κ2) is 10.5. The van der Waals surface area contributed by atoms with Gasteiger partial charge < -0.3 is 19.9 Å². The summed E-state index contributed by atoms with van der Waals surface area (Å²) < 4.78 is 32.2. The number of aromatic nitrogens is 2. The molecule has 37 heavy (non-hydrogen) atoms. The fourth-order valence-electron chi connectivity index (χ4n) is 4.20. The molecule has 1 aliphatic heterocycles. The molecule has 1 aliphatic rings. The van der Waals surface area contributed by atoms with Crippen LogP contribution in [0.1, 0.15) is 31.1 Å². The lowest BCUT2D eigenvalue weighted by molar-refractivity contribution is -0.122. The zero-order valence-corrected chi connectivity index (χ0v) is 20.6. The SMILES string of the molecule is C[C@@H](C(=O)Nc1ccc(Oc2ccc(F)cc2F)cn1)N1CCN(C(=O)c2ccc(=O)[nH]c2)C(C)(C)C1. The van der Waals surface area contributed by atoms with Crippen molar-refractivity contribution in [2.24, 2.45) is 0 Å². The molecule has 2 aromatic heterocycles. The number of nitrogens with zero attached hydrogens (tertiary/aromatic N) is 3. The molecule has 3 aromatic rings. The zero-order valence-electron chi connectivity index (χ0n) is 20.6. The van der Waals surface area contributed by atoms with Gasteiger partial charge in [-0.05, 0) is 51.1 Å². The van der Waals surface area contributed by atoms with E-state index in [1.54, 1.807) is 11.8 Å². The van der Waals surface area contributed by atoms with Gasteiger partial charge >= 0.3 is 0 Å². The number of pyridine rings is 2. The standard InChI is InChI=1S/C26H27F2N5O4/c1-16(32-10-11-33(26(2,3)15-32)25(36)17-4-9-23(34)30-13-17)24(35)31-22-8-6-19(14-29-22)37-21-7-5-18(27)12-20(21)28/h4-9,12-14,16H,10-11,15H2,1-3H3,(H,30,34)(H,29,31,35)/t16-/m0/s1. The molecule has 0 spiro atoms. The molecule has 194 valence electrons. The molecule has 2 amide bonds. The summed E-state index contributed by atoms with van der Waals surface area (Å²) in [5.41, 5.74) is -0.446. The molecule has 11 heteroatoms. The first-order chi connectivity index (χ1) is 17.5. The van der Waals surface area contributed by atoms with Crippen molar-refractivity contribution in [3.05, 3.63) is 82.4 Å². The summed E-state index contributed by atoms with van der Waals surface area (Å²) in [5.74, 6) is -1.65. The molecule has 4 rings (SSSR count). The number of aromatic amines is 1. The van der Waals surface area contributed by atoms with E-state index in [0.717, 1.165) is 12.1 Å². The van der Waals surface area contributed by atoms with Crippen molar-refractivity contribution in [3.63, 3.8) is 0 Å². The number of carbonyl (C=O) groups excluding carboxylic acids is 2. The zero-order chi connectivity index (χ0) is 26.7. The Morgan fingerprint density at radius 3 is 2.54 bits per heavy atom. The van der Waals surface area contributed by atoms with Gasteiger partial charge in [-0.3, -0.25) is 19.3 Å². The van der Waals surface area contributed by atoms with E-state index in [2.05, 4.69) is 15.3 Å². The predicted molar refractivity (Wildman–Crippen MR) is 133 cm³/mol. The van der Waals surface area contributed by atoms with Gasteiger partial charge in [0.2, 0.25) is 11.5 Å². The van der Waals surface area contributed by atoms with Gasteiger partial charge in [-0.15, -0.1) is 0 Å². The van der Waals surface area contributed by atoms with E-state index in [4.69, 9.17) is 4.74 Å². The highest BCUT2D eigenvalue weighted by molar-refractivity contribution is 5.95. The summed E-state index contributed by atoms with van der Waals surface area (Å²) in [6.45, 7) is 6.98. The molecular formula is C26H27F2N5O4. The summed E-state index contributed by atoms with van der Waals surface area (Å²) in [5, 5.41) is 2.76. The fraction of sp³-hybridized carbons (Fsp3) is 0.308. The minimum atomic E-state index is -0.838. The molecular weight excluding hydrogens is 484 g/mol. The monoisotopic (exact) mass is 511 g/mol. The number of piperazine rings is 1. The lowest BCUT2D eigenvalue weighted by Gasteiger charge is -2.48. The Bertz CT molecular complexity index is 1340. The smallest absolute Gasteiger partial charge is 0.255 e. The molecule has 1 atom stereocenters. The fourth-order valence-corrected chi connectivity index (χ4v) is 4.20. The molecule has 9 nitrogen and oxygen atoms in total. The van der Waals surface area contributed by atoms with Crippen molar-refractivity contribution in [2.75, 3.05) is 25.0 Å². The third-order valence-electron chi connectivity index (χ3n) is 6.24. The second-order valence-corrected chi connectivity index (χ2v) is 9.40. The maximum absolute atomic E-state index is 13.8. The van der Waals surface area contributed by atoms with Gasteiger partial charge in [-0.1, -0.05) is 0 Å². The van der Waals surface area contributed by atoms with E-state index in [1.165, 1.54) is 42.7 Å². The van der Waals surface area contributed by atoms with Crippen LogP contribution in [-0.4, -0.2) is 62.8 Å². The lowest BCUT2D eigenvalue weighted by Crippen LogP contribution is -2.63. The summed E-state index contributed by atoms with van der Waals surface area (Å²) >= 11 is 0. The number of rotatable bonds is 6. The Morgan fingerprint density at radius 1 is 1.14 bits per heavy atom. The Morgan fingerprint density at radius 2 is 1.92 bits per heavy atom. The first-order valence-corrected chi connectivity index (χ1v) is 11.7. The Kier molecular flexibility index (Phi) is 7.35.